The fourth-order valence-electron chi connectivity index (χ4n) is 3.00. The normalized spacial score (nSPS) is 18.5. The van der Waals surface area contributed by atoms with Crippen LogP contribution < -0.4 is 10.2 Å². The van der Waals surface area contributed by atoms with E-state index in [-0.39, 0.29) is 11.8 Å². The third-order valence-electron chi connectivity index (χ3n) is 4.46. The van der Waals surface area contributed by atoms with Gasteiger partial charge in [0.1, 0.15) is 16.8 Å². The van der Waals surface area contributed by atoms with E-state index in [9.17, 15) is 4.79 Å². The number of carbonyl (C=O) groups is 1. The Morgan fingerprint density at radius 2 is 1.85 bits per heavy atom. The number of methoxy groups -OCH3 is 1. The number of halogens is 1. The van der Waals surface area contributed by atoms with E-state index in [1.165, 1.54) is 11.8 Å². The van der Waals surface area contributed by atoms with Crippen molar-refractivity contribution in [2.75, 3.05) is 12.5 Å². The van der Waals surface area contributed by atoms with Gasteiger partial charge in [-0.15, -0.1) is 10.2 Å². The zero-order valence-electron chi connectivity index (χ0n) is 14.7. The summed E-state index contributed by atoms with van der Waals surface area (Å²) in [5.41, 5.74) is 4.99. The van der Waals surface area contributed by atoms with Gasteiger partial charge < -0.3 is 10.2 Å². The number of aromatic nitrogens is 3. The molecule has 27 heavy (non-hydrogen) atoms. The summed E-state index contributed by atoms with van der Waals surface area (Å²) < 4.78 is 7.07. The Morgan fingerprint density at radius 3 is 2.52 bits per heavy atom. The van der Waals surface area contributed by atoms with Crippen LogP contribution >= 0.6 is 23.4 Å². The average molecular weight is 401 g/mol. The highest BCUT2D eigenvalue weighted by molar-refractivity contribution is 8.00. The maximum Gasteiger partial charge on any atom is 0.210 e. The first-order chi connectivity index (χ1) is 13.1. The van der Waals surface area contributed by atoms with Crippen molar-refractivity contribution in [1.82, 2.24) is 14.9 Å². The smallest absolute Gasteiger partial charge is 0.210 e. The molecule has 2 aromatic carbocycles. The SMILES string of the molecule is COc1ccc([C@@H]2Nn3c(C)nnc3S[C@H]2C(=O)c2ccc(Cl)cc2)cc1. The van der Waals surface area contributed by atoms with E-state index >= 15 is 0 Å². The van der Waals surface area contributed by atoms with Crippen LogP contribution in [0, 0.1) is 6.92 Å². The lowest BCUT2D eigenvalue weighted by molar-refractivity contribution is 0.0980. The maximum absolute atomic E-state index is 13.2. The molecule has 0 amide bonds. The third kappa shape index (κ3) is 3.40. The van der Waals surface area contributed by atoms with Gasteiger partial charge in [0.05, 0.1) is 13.2 Å². The Hall–Kier alpha value is -2.51. The maximum atomic E-state index is 13.2. The zero-order chi connectivity index (χ0) is 19.0. The molecule has 1 aliphatic heterocycles. The van der Waals surface area contributed by atoms with E-state index in [0.717, 1.165) is 17.1 Å². The molecule has 138 valence electrons. The van der Waals surface area contributed by atoms with Crippen molar-refractivity contribution in [1.29, 1.82) is 0 Å². The highest BCUT2D eigenvalue weighted by Gasteiger charge is 2.37. The van der Waals surface area contributed by atoms with Crippen molar-refractivity contribution >= 4 is 29.1 Å². The number of benzene rings is 2. The number of hydrogen-bond donors (Lipinski definition) is 1. The summed E-state index contributed by atoms with van der Waals surface area (Å²) in [6.45, 7) is 1.87. The van der Waals surface area contributed by atoms with E-state index in [1.54, 1.807) is 31.4 Å². The number of ketones is 1. The minimum atomic E-state index is -0.393. The molecule has 2 atom stereocenters. The molecule has 0 saturated carbocycles. The molecular formula is C19H17ClN4O2S. The fourth-order valence-corrected chi connectivity index (χ4v) is 4.33. The Balaban J connectivity index is 1.73. The number of ether oxygens (including phenoxy) is 1. The second-order valence-electron chi connectivity index (χ2n) is 6.15. The second kappa shape index (κ2) is 7.25. The number of nitrogens with one attached hydrogen (secondary N) is 1. The number of aryl methyl sites for hydroxylation is 1. The van der Waals surface area contributed by atoms with Crippen LogP contribution in [0.5, 0.6) is 5.75 Å². The summed E-state index contributed by atoms with van der Waals surface area (Å²) in [5.74, 6) is 1.52. The summed E-state index contributed by atoms with van der Waals surface area (Å²) >= 11 is 7.37. The van der Waals surface area contributed by atoms with Gasteiger partial charge >= 0.3 is 0 Å². The van der Waals surface area contributed by atoms with Gasteiger partial charge in [-0.2, -0.15) is 0 Å². The molecule has 1 aromatic heterocycles. The van der Waals surface area contributed by atoms with Gasteiger partial charge in [-0.25, -0.2) is 4.68 Å². The van der Waals surface area contributed by atoms with Gasteiger partial charge in [-0.1, -0.05) is 35.5 Å². The molecule has 0 aliphatic carbocycles. The van der Waals surface area contributed by atoms with Gasteiger partial charge in [0.2, 0.25) is 5.16 Å². The van der Waals surface area contributed by atoms with Crippen molar-refractivity contribution in [2.45, 2.75) is 23.4 Å². The zero-order valence-corrected chi connectivity index (χ0v) is 16.3. The molecule has 0 bridgehead atoms. The number of fused-ring (bicyclic) bond motifs is 1. The molecule has 4 rings (SSSR count). The Kier molecular flexibility index (Phi) is 4.80. The molecule has 0 unspecified atom stereocenters. The molecule has 0 radical (unpaired) electrons. The van der Waals surface area contributed by atoms with E-state index in [4.69, 9.17) is 16.3 Å². The molecule has 0 fully saturated rings. The third-order valence-corrected chi connectivity index (χ3v) is 5.93. The number of hydrogen-bond acceptors (Lipinski definition) is 6. The van der Waals surface area contributed by atoms with Crippen LogP contribution in [-0.4, -0.2) is 33.0 Å². The fraction of sp³-hybridized carbons (Fsp3) is 0.211. The standard InChI is InChI=1S/C19H17ClN4O2S/c1-11-21-22-19-24(11)23-16(12-5-9-15(26-2)10-6-12)18(27-19)17(25)13-3-7-14(20)8-4-13/h3-10,16,18,23H,1-2H3/t16-,18+/m0/s1. The number of nitrogens with zero attached hydrogens (tertiary/aromatic N) is 3. The monoisotopic (exact) mass is 400 g/mol. The van der Waals surface area contributed by atoms with Gasteiger partial charge in [-0.3, -0.25) is 4.79 Å². The van der Waals surface area contributed by atoms with E-state index < -0.39 is 5.25 Å². The Bertz CT molecular complexity index is 972. The van der Waals surface area contributed by atoms with Crippen molar-refractivity contribution in [3.05, 3.63) is 70.5 Å². The first-order valence-electron chi connectivity index (χ1n) is 8.36. The van der Waals surface area contributed by atoms with Crippen LogP contribution in [0.1, 0.15) is 27.8 Å². The minimum absolute atomic E-state index is 0.0110. The number of thioether (sulfide) groups is 1. The lowest BCUT2D eigenvalue weighted by Gasteiger charge is -2.32. The van der Waals surface area contributed by atoms with Gasteiger partial charge in [0, 0.05) is 10.6 Å². The lowest BCUT2D eigenvalue weighted by atomic mass is 9.97. The molecular weight excluding hydrogens is 384 g/mol. The lowest BCUT2D eigenvalue weighted by Crippen LogP contribution is -2.39. The summed E-state index contributed by atoms with van der Waals surface area (Å²) in [7, 11) is 1.63. The largest absolute Gasteiger partial charge is 0.497 e. The predicted octanol–water partition coefficient (Wildman–Crippen LogP) is 3.89. The van der Waals surface area contributed by atoms with E-state index in [1.807, 2.05) is 35.9 Å². The average Bonchev–Trinajstić information content (AvgIpc) is 3.07. The molecule has 1 N–H and O–H groups in total. The Morgan fingerprint density at radius 1 is 1.15 bits per heavy atom. The molecule has 8 heteroatoms. The van der Waals surface area contributed by atoms with E-state index in [2.05, 4.69) is 15.6 Å². The molecule has 0 spiro atoms. The highest BCUT2D eigenvalue weighted by Crippen LogP contribution is 2.39. The van der Waals surface area contributed by atoms with Crippen LogP contribution in [0.25, 0.3) is 0 Å². The first kappa shape index (κ1) is 17.9. The van der Waals surface area contributed by atoms with Gasteiger partial charge in [-0.05, 0) is 48.9 Å². The summed E-state index contributed by atoms with van der Waals surface area (Å²) in [4.78, 5) is 13.2. The van der Waals surface area contributed by atoms with Gasteiger partial charge in [0.15, 0.2) is 5.78 Å². The van der Waals surface area contributed by atoms with Crippen LogP contribution in [0.2, 0.25) is 5.02 Å². The van der Waals surface area contributed by atoms with Crippen molar-refractivity contribution in [2.24, 2.45) is 0 Å². The first-order valence-corrected chi connectivity index (χ1v) is 9.61. The van der Waals surface area contributed by atoms with Crippen LogP contribution in [0.4, 0.5) is 0 Å². The molecule has 6 nitrogen and oxygen atoms in total. The summed E-state index contributed by atoms with van der Waals surface area (Å²) in [6, 6.07) is 14.4. The molecule has 2 heterocycles. The van der Waals surface area contributed by atoms with Crippen molar-refractivity contribution in [3.8, 4) is 5.75 Å². The number of carbonyl (C=O) groups excluding carboxylic acids is 1. The summed E-state index contributed by atoms with van der Waals surface area (Å²) in [5, 5.41) is 9.16. The molecule has 1 aliphatic rings. The predicted molar refractivity (Wildman–Crippen MR) is 105 cm³/mol. The number of Topliss-reactive ketones (excluding diaryl/α,β-unsaturated/α-hetero) is 1. The second-order valence-corrected chi connectivity index (χ2v) is 7.70. The molecule has 3 aromatic rings. The summed E-state index contributed by atoms with van der Waals surface area (Å²) in [6.07, 6.45) is 0. The van der Waals surface area contributed by atoms with Gasteiger partial charge in [0.25, 0.3) is 0 Å². The molecule has 0 saturated heterocycles. The quantitative estimate of drug-likeness (QED) is 0.670. The minimum Gasteiger partial charge on any atom is -0.497 e. The van der Waals surface area contributed by atoms with E-state index in [0.29, 0.717) is 15.7 Å². The van der Waals surface area contributed by atoms with Crippen molar-refractivity contribution in [3.63, 3.8) is 0 Å². The number of rotatable bonds is 4. The van der Waals surface area contributed by atoms with Crippen molar-refractivity contribution < 1.29 is 9.53 Å². The topological polar surface area (TPSA) is 69.0 Å². The van der Waals surface area contributed by atoms with Crippen LogP contribution in [0.3, 0.4) is 0 Å². The van der Waals surface area contributed by atoms with Crippen LogP contribution in [0.15, 0.2) is 53.7 Å². The highest BCUT2D eigenvalue weighted by atomic mass is 35.5. The Labute approximate surface area is 165 Å². The van der Waals surface area contributed by atoms with Crippen LogP contribution in [-0.2, 0) is 0 Å².